The molecule has 2 aromatic carbocycles. The van der Waals surface area contributed by atoms with E-state index in [1.54, 1.807) is 0 Å². The van der Waals surface area contributed by atoms with Gasteiger partial charge in [-0.2, -0.15) is 0 Å². The molecule has 1 saturated carbocycles. The minimum absolute atomic E-state index is 0.264. The fourth-order valence-corrected chi connectivity index (χ4v) is 4.48. The summed E-state index contributed by atoms with van der Waals surface area (Å²) in [5, 5.41) is 0. The van der Waals surface area contributed by atoms with Crippen molar-refractivity contribution in [3.63, 3.8) is 0 Å². The third-order valence-electron chi connectivity index (χ3n) is 6.57. The molecule has 1 saturated heterocycles. The van der Waals surface area contributed by atoms with Gasteiger partial charge in [-0.05, 0) is 61.6 Å². The number of amides is 1. The summed E-state index contributed by atoms with van der Waals surface area (Å²) in [6, 6.07) is 12.4. The van der Waals surface area contributed by atoms with Crippen LogP contribution in [0.2, 0.25) is 0 Å². The Morgan fingerprint density at radius 1 is 0.964 bits per heavy atom. The van der Waals surface area contributed by atoms with Crippen LogP contribution in [0.5, 0.6) is 11.5 Å². The minimum atomic E-state index is -0.359. The number of nitrogens with zero attached hydrogens (tertiary/aromatic N) is 2. The second kappa shape index (κ2) is 6.43. The van der Waals surface area contributed by atoms with Crippen molar-refractivity contribution in [2.75, 3.05) is 37.9 Å². The van der Waals surface area contributed by atoms with Gasteiger partial charge < -0.3 is 19.3 Å². The summed E-state index contributed by atoms with van der Waals surface area (Å²) in [5.74, 6) is 1.80. The van der Waals surface area contributed by atoms with E-state index in [0.29, 0.717) is 0 Å². The number of carbonyl (C=O) groups excluding carboxylic acids is 1. The molecule has 0 N–H and O–H groups in total. The Morgan fingerprint density at radius 3 is 2.46 bits per heavy atom. The lowest BCUT2D eigenvalue weighted by Gasteiger charge is -2.38. The second-order valence-electron chi connectivity index (χ2n) is 8.15. The molecule has 5 heteroatoms. The summed E-state index contributed by atoms with van der Waals surface area (Å²) in [6.07, 6.45) is 1.84. The van der Waals surface area contributed by atoms with Crippen molar-refractivity contribution >= 4 is 11.6 Å². The van der Waals surface area contributed by atoms with Crippen molar-refractivity contribution < 1.29 is 14.3 Å². The maximum absolute atomic E-state index is 13.4. The van der Waals surface area contributed by atoms with Crippen molar-refractivity contribution in [3.05, 3.63) is 53.1 Å². The number of hydrogen-bond acceptors (Lipinski definition) is 4. The monoisotopic (exact) mass is 378 g/mol. The van der Waals surface area contributed by atoms with Gasteiger partial charge in [-0.15, -0.1) is 0 Å². The van der Waals surface area contributed by atoms with Crippen LogP contribution < -0.4 is 14.4 Å². The molecule has 0 radical (unpaired) electrons. The molecule has 2 aliphatic heterocycles. The zero-order valence-corrected chi connectivity index (χ0v) is 16.5. The molecule has 1 aliphatic carbocycles. The van der Waals surface area contributed by atoms with Gasteiger partial charge in [0.15, 0.2) is 11.5 Å². The Labute approximate surface area is 165 Å². The quantitative estimate of drug-likeness (QED) is 0.821. The van der Waals surface area contributed by atoms with Crippen LogP contribution in [0.4, 0.5) is 5.69 Å². The highest BCUT2D eigenvalue weighted by Gasteiger charge is 2.53. The van der Waals surface area contributed by atoms with E-state index in [1.165, 1.54) is 16.8 Å². The second-order valence-corrected chi connectivity index (χ2v) is 8.15. The SMILES string of the molecule is Cc1cccc(N2CCN(C(=O)C3(c4ccc5c(c4)OCO5)CC3)CC2)c1C. The van der Waals surface area contributed by atoms with E-state index in [-0.39, 0.29) is 18.1 Å². The van der Waals surface area contributed by atoms with Gasteiger partial charge in [0.25, 0.3) is 0 Å². The molecule has 3 aliphatic rings. The topological polar surface area (TPSA) is 42.0 Å². The van der Waals surface area contributed by atoms with Crippen LogP contribution in [0.25, 0.3) is 0 Å². The minimum Gasteiger partial charge on any atom is -0.454 e. The molecule has 0 unspecified atom stereocenters. The number of hydrogen-bond donors (Lipinski definition) is 0. The summed E-state index contributed by atoms with van der Waals surface area (Å²) in [6.45, 7) is 7.92. The molecule has 5 nitrogen and oxygen atoms in total. The molecule has 0 aromatic heterocycles. The maximum Gasteiger partial charge on any atom is 0.233 e. The molecule has 28 heavy (non-hydrogen) atoms. The molecule has 0 atom stereocenters. The first-order chi connectivity index (χ1) is 13.6. The molecule has 0 spiro atoms. The average molecular weight is 378 g/mol. The highest BCUT2D eigenvalue weighted by molar-refractivity contribution is 5.91. The smallest absolute Gasteiger partial charge is 0.233 e. The van der Waals surface area contributed by atoms with Gasteiger partial charge in [0, 0.05) is 31.9 Å². The number of piperazine rings is 1. The van der Waals surface area contributed by atoms with E-state index < -0.39 is 0 Å². The molecule has 0 bridgehead atoms. The number of aryl methyl sites for hydroxylation is 1. The van der Waals surface area contributed by atoms with E-state index in [0.717, 1.165) is 56.1 Å². The van der Waals surface area contributed by atoms with Crippen LogP contribution in [0.1, 0.15) is 29.5 Å². The van der Waals surface area contributed by atoms with Crippen molar-refractivity contribution in [3.8, 4) is 11.5 Å². The van der Waals surface area contributed by atoms with E-state index >= 15 is 0 Å². The standard InChI is InChI=1S/C23H26N2O3/c1-16-4-3-5-19(17(16)2)24-10-12-25(13-11-24)22(26)23(8-9-23)18-6-7-20-21(14-18)28-15-27-20/h3-7,14H,8-13,15H2,1-2H3. The van der Waals surface area contributed by atoms with Gasteiger partial charge in [0.2, 0.25) is 12.7 Å². The number of anilines is 1. The number of fused-ring (bicyclic) bond motifs is 1. The van der Waals surface area contributed by atoms with Crippen LogP contribution in [-0.2, 0) is 10.2 Å². The molecule has 2 aromatic rings. The first-order valence-electron chi connectivity index (χ1n) is 10.1. The third kappa shape index (κ3) is 2.72. The van der Waals surface area contributed by atoms with E-state index in [2.05, 4.69) is 41.8 Å². The van der Waals surface area contributed by atoms with Crippen LogP contribution in [-0.4, -0.2) is 43.8 Å². The van der Waals surface area contributed by atoms with Crippen molar-refractivity contribution in [2.45, 2.75) is 32.1 Å². The van der Waals surface area contributed by atoms with E-state index in [9.17, 15) is 4.79 Å². The number of ether oxygens (including phenoxy) is 2. The molecule has 146 valence electrons. The third-order valence-corrected chi connectivity index (χ3v) is 6.57. The van der Waals surface area contributed by atoms with E-state index in [4.69, 9.17) is 9.47 Å². The first kappa shape index (κ1) is 17.4. The molecular formula is C23H26N2O3. The summed E-state index contributed by atoms with van der Waals surface area (Å²) in [4.78, 5) is 17.8. The molecule has 5 rings (SSSR count). The Hall–Kier alpha value is -2.69. The van der Waals surface area contributed by atoms with Crippen molar-refractivity contribution in [1.29, 1.82) is 0 Å². The Morgan fingerprint density at radius 2 is 1.71 bits per heavy atom. The van der Waals surface area contributed by atoms with Gasteiger partial charge in [0.05, 0.1) is 5.41 Å². The van der Waals surface area contributed by atoms with Crippen LogP contribution >= 0.6 is 0 Å². The lowest BCUT2D eigenvalue weighted by molar-refractivity contribution is -0.134. The van der Waals surface area contributed by atoms with Crippen molar-refractivity contribution in [2.24, 2.45) is 0 Å². The summed E-state index contributed by atoms with van der Waals surface area (Å²) in [7, 11) is 0. The van der Waals surface area contributed by atoms with Crippen molar-refractivity contribution in [1.82, 2.24) is 4.90 Å². The fourth-order valence-electron chi connectivity index (χ4n) is 4.48. The predicted molar refractivity (Wildman–Crippen MR) is 108 cm³/mol. The van der Waals surface area contributed by atoms with Gasteiger partial charge in [-0.1, -0.05) is 18.2 Å². The van der Waals surface area contributed by atoms with Gasteiger partial charge >= 0.3 is 0 Å². The maximum atomic E-state index is 13.4. The first-order valence-corrected chi connectivity index (χ1v) is 10.1. The van der Waals surface area contributed by atoms with Crippen LogP contribution in [0.3, 0.4) is 0 Å². The zero-order valence-electron chi connectivity index (χ0n) is 16.5. The summed E-state index contributed by atoms with van der Waals surface area (Å²) >= 11 is 0. The van der Waals surface area contributed by atoms with Gasteiger partial charge in [0.1, 0.15) is 0 Å². The number of rotatable bonds is 3. The molecule has 1 amide bonds. The number of benzene rings is 2. The molecular weight excluding hydrogens is 352 g/mol. The van der Waals surface area contributed by atoms with Crippen LogP contribution in [0.15, 0.2) is 36.4 Å². The lowest BCUT2D eigenvalue weighted by Crippen LogP contribution is -2.51. The Kier molecular flexibility index (Phi) is 4.00. The molecule has 2 fully saturated rings. The largest absolute Gasteiger partial charge is 0.454 e. The van der Waals surface area contributed by atoms with Gasteiger partial charge in [-0.25, -0.2) is 0 Å². The zero-order chi connectivity index (χ0) is 19.3. The van der Waals surface area contributed by atoms with E-state index in [1.807, 2.05) is 18.2 Å². The number of carbonyl (C=O) groups is 1. The highest BCUT2D eigenvalue weighted by atomic mass is 16.7. The normalized spacial score (nSPS) is 19.6. The molecule has 2 heterocycles. The predicted octanol–water partition coefficient (Wildman–Crippen LogP) is 3.41. The Balaban J connectivity index is 1.30. The van der Waals surface area contributed by atoms with Gasteiger partial charge in [-0.3, -0.25) is 4.79 Å². The average Bonchev–Trinajstić information content (AvgIpc) is 3.40. The highest BCUT2D eigenvalue weighted by Crippen LogP contribution is 2.51. The van der Waals surface area contributed by atoms with Crippen LogP contribution in [0, 0.1) is 13.8 Å². The summed E-state index contributed by atoms with van der Waals surface area (Å²) < 4.78 is 10.9. The Bertz CT molecular complexity index is 927. The fraction of sp³-hybridized carbons (Fsp3) is 0.435. The summed E-state index contributed by atoms with van der Waals surface area (Å²) in [5.41, 5.74) is 4.65. The lowest BCUT2D eigenvalue weighted by atomic mass is 9.93.